The van der Waals surface area contributed by atoms with Gasteiger partial charge in [0.25, 0.3) is 0 Å². The van der Waals surface area contributed by atoms with E-state index in [0.29, 0.717) is 11.7 Å². The van der Waals surface area contributed by atoms with Gasteiger partial charge in [0.15, 0.2) is 0 Å². The molecule has 2 aliphatic carbocycles. The largest absolute Gasteiger partial charge is 0.417 e. The zero-order valence-corrected chi connectivity index (χ0v) is 13.1. The summed E-state index contributed by atoms with van der Waals surface area (Å²) in [6.07, 6.45) is 4.99. The van der Waals surface area contributed by atoms with E-state index in [1.54, 1.807) is 0 Å². The van der Waals surface area contributed by atoms with Crippen molar-refractivity contribution in [3.63, 3.8) is 0 Å². The number of ether oxygens (including phenoxy) is 1. The van der Waals surface area contributed by atoms with E-state index in [0.717, 1.165) is 17.5 Å². The molecule has 0 aromatic heterocycles. The predicted molar refractivity (Wildman–Crippen MR) is 90.7 cm³/mol. The summed E-state index contributed by atoms with van der Waals surface area (Å²) in [6, 6.07) is 17.4. The fourth-order valence-corrected chi connectivity index (χ4v) is 4.23. The standard InChI is InChI=1S/C20H21NO2/c22-20(21-17-6-2-1-3-7-17)23-18-8-4-5-15(13-18)19-12-14-9-10-16(19)11-14/h1-8,13-14,16,19H,9-12H2,(H,21,22). The number of carbonyl (C=O) groups excluding carboxylic acids is 1. The average molecular weight is 307 g/mol. The van der Waals surface area contributed by atoms with Crippen molar-refractivity contribution in [2.24, 2.45) is 11.8 Å². The van der Waals surface area contributed by atoms with Crippen LogP contribution in [0.2, 0.25) is 0 Å². The molecule has 3 unspecified atom stereocenters. The quantitative estimate of drug-likeness (QED) is 0.846. The molecule has 0 radical (unpaired) electrons. The molecule has 1 N–H and O–H groups in total. The van der Waals surface area contributed by atoms with Crippen LogP contribution in [0.3, 0.4) is 0 Å². The van der Waals surface area contributed by atoms with Gasteiger partial charge < -0.3 is 4.74 Å². The smallest absolute Gasteiger partial charge is 0.410 e. The second-order valence-electron chi connectivity index (χ2n) is 6.73. The molecule has 3 nitrogen and oxygen atoms in total. The van der Waals surface area contributed by atoms with Crippen LogP contribution in [-0.2, 0) is 0 Å². The van der Waals surface area contributed by atoms with Crippen LogP contribution in [0.5, 0.6) is 5.75 Å². The lowest BCUT2D eigenvalue weighted by atomic mass is 9.83. The summed E-state index contributed by atoms with van der Waals surface area (Å²) < 4.78 is 5.45. The number of benzene rings is 2. The first-order chi connectivity index (χ1) is 11.3. The Balaban J connectivity index is 1.43. The predicted octanol–water partition coefficient (Wildman–Crippen LogP) is 5.20. The lowest BCUT2D eigenvalue weighted by Gasteiger charge is -2.22. The molecule has 118 valence electrons. The third-order valence-corrected chi connectivity index (χ3v) is 5.26. The summed E-state index contributed by atoms with van der Waals surface area (Å²) in [6.45, 7) is 0. The highest BCUT2D eigenvalue weighted by molar-refractivity contribution is 5.86. The van der Waals surface area contributed by atoms with E-state index in [-0.39, 0.29) is 0 Å². The van der Waals surface area contributed by atoms with Crippen LogP contribution in [0.4, 0.5) is 10.5 Å². The molecule has 1 amide bonds. The number of rotatable bonds is 3. The highest BCUT2D eigenvalue weighted by Crippen LogP contribution is 2.53. The highest BCUT2D eigenvalue weighted by atomic mass is 16.6. The van der Waals surface area contributed by atoms with Gasteiger partial charge in [-0.1, -0.05) is 36.8 Å². The molecule has 2 aromatic rings. The van der Waals surface area contributed by atoms with Gasteiger partial charge >= 0.3 is 6.09 Å². The van der Waals surface area contributed by atoms with Gasteiger partial charge in [-0.15, -0.1) is 0 Å². The van der Waals surface area contributed by atoms with Gasteiger partial charge in [-0.05, 0) is 66.8 Å². The van der Waals surface area contributed by atoms with Crippen molar-refractivity contribution < 1.29 is 9.53 Å². The van der Waals surface area contributed by atoms with Crippen molar-refractivity contribution in [1.29, 1.82) is 0 Å². The molecule has 3 atom stereocenters. The van der Waals surface area contributed by atoms with Gasteiger partial charge in [0.05, 0.1) is 0 Å². The van der Waals surface area contributed by atoms with Gasteiger partial charge in [-0.3, -0.25) is 5.32 Å². The molecule has 4 rings (SSSR count). The normalized spacial score (nSPS) is 25.3. The molecule has 2 aromatic carbocycles. The van der Waals surface area contributed by atoms with Crippen molar-refractivity contribution >= 4 is 11.8 Å². The Bertz CT molecular complexity index is 698. The molecule has 0 aliphatic heterocycles. The van der Waals surface area contributed by atoms with Gasteiger partial charge in [0.2, 0.25) is 0 Å². The fraction of sp³-hybridized carbons (Fsp3) is 0.350. The Labute approximate surface area is 136 Å². The molecule has 2 fully saturated rings. The molecule has 0 spiro atoms. The van der Waals surface area contributed by atoms with Crippen LogP contribution in [0.25, 0.3) is 0 Å². The molecule has 2 saturated carbocycles. The van der Waals surface area contributed by atoms with E-state index in [1.165, 1.54) is 31.2 Å². The molecule has 2 bridgehead atoms. The second-order valence-corrected chi connectivity index (χ2v) is 6.73. The third kappa shape index (κ3) is 3.09. The Morgan fingerprint density at radius 1 is 1.00 bits per heavy atom. The van der Waals surface area contributed by atoms with E-state index in [4.69, 9.17) is 4.74 Å². The number of fused-ring (bicyclic) bond motifs is 2. The van der Waals surface area contributed by atoms with Crippen molar-refractivity contribution in [2.45, 2.75) is 31.6 Å². The summed E-state index contributed by atoms with van der Waals surface area (Å²) >= 11 is 0. The second kappa shape index (κ2) is 6.07. The summed E-state index contributed by atoms with van der Waals surface area (Å²) in [4.78, 5) is 12.0. The zero-order chi connectivity index (χ0) is 15.6. The number of anilines is 1. The Kier molecular flexibility index (Phi) is 3.78. The van der Waals surface area contributed by atoms with Gasteiger partial charge in [-0.2, -0.15) is 0 Å². The minimum atomic E-state index is -0.443. The van der Waals surface area contributed by atoms with Crippen molar-refractivity contribution in [1.82, 2.24) is 0 Å². The van der Waals surface area contributed by atoms with Crippen LogP contribution in [0.15, 0.2) is 54.6 Å². The van der Waals surface area contributed by atoms with E-state index in [2.05, 4.69) is 11.4 Å². The number of hydrogen-bond acceptors (Lipinski definition) is 2. The van der Waals surface area contributed by atoms with Crippen LogP contribution in [0.1, 0.15) is 37.2 Å². The Morgan fingerprint density at radius 3 is 2.61 bits per heavy atom. The third-order valence-electron chi connectivity index (χ3n) is 5.26. The number of amides is 1. The molecule has 3 heteroatoms. The van der Waals surface area contributed by atoms with Crippen molar-refractivity contribution in [2.75, 3.05) is 5.32 Å². The lowest BCUT2D eigenvalue weighted by Crippen LogP contribution is -2.17. The van der Waals surface area contributed by atoms with E-state index in [1.807, 2.05) is 48.5 Å². The zero-order valence-electron chi connectivity index (χ0n) is 13.1. The first kappa shape index (κ1) is 14.3. The SMILES string of the molecule is O=C(Nc1ccccc1)Oc1cccc(C2CC3CCC2C3)c1. The number of nitrogens with one attached hydrogen (secondary N) is 1. The summed E-state index contributed by atoms with van der Waals surface area (Å²) in [5.41, 5.74) is 2.06. The van der Waals surface area contributed by atoms with Gasteiger partial charge in [-0.25, -0.2) is 4.79 Å². The molecular formula is C20H21NO2. The van der Waals surface area contributed by atoms with Crippen LogP contribution in [0, 0.1) is 11.8 Å². The van der Waals surface area contributed by atoms with E-state index in [9.17, 15) is 4.79 Å². The minimum absolute atomic E-state index is 0.443. The highest BCUT2D eigenvalue weighted by Gasteiger charge is 2.40. The summed E-state index contributed by atoms with van der Waals surface area (Å²) in [7, 11) is 0. The van der Waals surface area contributed by atoms with Crippen molar-refractivity contribution in [3.8, 4) is 5.75 Å². The molecule has 0 heterocycles. The Hall–Kier alpha value is -2.29. The molecule has 2 aliphatic rings. The maximum absolute atomic E-state index is 12.0. The van der Waals surface area contributed by atoms with Crippen molar-refractivity contribution in [3.05, 3.63) is 60.2 Å². The van der Waals surface area contributed by atoms with Crippen LogP contribution < -0.4 is 10.1 Å². The average Bonchev–Trinajstić information content (AvgIpc) is 3.19. The first-order valence-corrected chi connectivity index (χ1v) is 8.42. The van der Waals surface area contributed by atoms with Crippen LogP contribution >= 0.6 is 0 Å². The first-order valence-electron chi connectivity index (χ1n) is 8.42. The van der Waals surface area contributed by atoms with Gasteiger partial charge in [0, 0.05) is 5.69 Å². The molecule has 0 saturated heterocycles. The monoisotopic (exact) mass is 307 g/mol. The van der Waals surface area contributed by atoms with Crippen LogP contribution in [-0.4, -0.2) is 6.09 Å². The van der Waals surface area contributed by atoms with E-state index >= 15 is 0 Å². The molecular weight excluding hydrogens is 286 g/mol. The summed E-state index contributed by atoms with van der Waals surface area (Å²) in [5.74, 6) is 3.01. The van der Waals surface area contributed by atoms with Gasteiger partial charge in [0.1, 0.15) is 5.75 Å². The molecule has 23 heavy (non-hydrogen) atoms. The number of para-hydroxylation sites is 1. The maximum atomic E-state index is 12.0. The topological polar surface area (TPSA) is 38.3 Å². The van der Waals surface area contributed by atoms with E-state index < -0.39 is 6.09 Å². The fourth-order valence-electron chi connectivity index (χ4n) is 4.23. The number of hydrogen-bond donors (Lipinski definition) is 1. The minimum Gasteiger partial charge on any atom is -0.410 e. The maximum Gasteiger partial charge on any atom is 0.417 e. The summed E-state index contributed by atoms with van der Waals surface area (Å²) in [5, 5.41) is 2.75. The lowest BCUT2D eigenvalue weighted by molar-refractivity contribution is 0.215. The Morgan fingerprint density at radius 2 is 1.87 bits per heavy atom. The number of carbonyl (C=O) groups is 1.